The average Bonchev–Trinajstić information content (AvgIpc) is 2.43. The minimum atomic E-state index is -4.49. The normalized spacial score (nSPS) is 12.6. The Labute approximate surface area is 97.8 Å². The molecule has 6 heteroatoms. The van der Waals surface area contributed by atoms with E-state index in [-0.39, 0.29) is 12.1 Å². The Balaban J connectivity index is 3.50. The molecule has 0 saturated carbocycles. The van der Waals surface area contributed by atoms with Crippen molar-refractivity contribution in [3.63, 3.8) is 0 Å². The summed E-state index contributed by atoms with van der Waals surface area (Å²) in [6.45, 7) is 6.47. The standard InChI is InChI=1S/C11H14F3N3/c1-7-8(10(2,3)4)9(11(12,13)14)16-17(7)6-5-15/h6H2,1-4H3. The van der Waals surface area contributed by atoms with E-state index in [0.29, 0.717) is 5.69 Å². The summed E-state index contributed by atoms with van der Waals surface area (Å²) in [5.74, 6) is 0. The fourth-order valence-corrected chi connectivity index (χ4v) is 1.86. The molecule has 17 heavy (non-hydrogen) atoms. The van der Waals surface area contributed by atoms with E-state index in [0.717, 1.165) is 4.68 Å². The summed E-state index contributed by atoms with van der Waals surface area (Å²) in [5.41, 5.74) is -1.01. The molecule has 0 spiro atoms. The quantitative estimate of drug-likeness (QED) is 0.763. The SMILES string of the molecule is Cc1c(C(C)(C)C)c(C(F)(F)F)nn1CC#N. The Hall–Kier alpha value is -1.51. The first-order valence-corrected chi connectivity index (χ1v) is 5.11. The molecule has 0 N–H and O–H groups in total. The lowest BCUT2D eigenvalue weighted by Crippen LogP contribution is -2.19. The minimum Gasteiger partial charge on any atom is -0.255 e. The van der Waals surface area contributed by atoms with E-state index in [1.807, 2.05) is 0 Å². The van der Waals surface area contributed by atoms with Gasteiger partial charge in [-0.2, -0.15) is 23.5 Å². The van der Waals surface area contributed by atoms with Crippen LogP contribution in [0.2, 0.25) is 0 Å². The molecule has 0 saturated heterocycles. The van der Waals surface area contributed by atoms with Gasteiger partial charge in [0.2, 0.25) is 0 Å². The van der Waals surface area contributed by atoms with Crippen molar-refractivity contribution in [1.29, 1.82) is 5.26 Å². The third kappa shape index (κ3) is 2.60. The zero-order valence-corrected chi connectivity index (χ0v) is 10.2. The molecule has 94 valence electrons. The van der Waals surface area contributed by atoms with Crippen LogP contribution in [-0.2, 0) is 18.1 Å². The fourth-order valence-electron chi connectivity index (χ4n) is 1.86. The highest BCUT2D eigenvalue weighted by Crippen LogP contribution is 2.38. The van der Waals surface area contributed by atoms with Gasteiger partial charge in [-0.05, 0) is 12.3 Å². The number of nitrogens with zero attached hydrogens (tertiary/aromatic N) is 3. The van der Waals surface area contributed by atoms with Crippen molar-refractivity contribution in [2.75, 3.05) is 0 Å². The fraction of sp³-hybridized carbons (Fsp3) is 0.636. The van der Waals surface area contributed by atoms with Crippen LogP contribution in [0.15, 0.2) is 0 Å². The second-order valence-electron chi connectivity index (χ2n) is 4.87. The molecule has 3 nitrogen and oxygen atoms in total. The minimum absolute atomic E-state index is 0.153. The van der Waals surface area contributed by atoms with Crippen LogP contribution in [0.5, 0.6) is 0 Å². The Kier molecular flexibility index (Phi) is 3.24. The summed E-state index contributed by atoms with van der Waals surface area (Å²) in [4.78, 5) is 0. The van der Waals surface area contributed by atoms with E-state index in [9.17, 15) is 13.2 Å². The third-order valence-electron chi connectivity index (χ3n) is 2.45. The summed E-state index contributed by atoms with van der Waals surface area (Å²) < 4.78 is 39.7. The second kappa shape index (κ2) is 4.06. The molecule has 0 amide bonds. The van der Waals surface area contributed by atoms with Gasteiger partial charge in [-0.15, -0.1) is 0 Å². The zero-order valence-electron chi connectivity index (χ0n) is 10.2. The van der Waals surface area contributed by atoms with Crippen LogP contribution in [0.25, 0.3) is 0 Å². The van der Waals surface area contributed by atoms with Crippen LogP contribution < -0.4 is 0 Å². The van der Waals surface area contributed by atoms with Gasteiger partial charge < -0.3 is 0 Å². The van der Waals surface area contributed by atoms with Crippen molar-refractivity contribution in [3.05, 3.63) is 17.0 Å². The smallest absolute Gasteiger partial charge is 0.255 e. The zero-order chi connectivity index (χ0) is 13.4. The summed E-state index contributed by atoms with van der Waals surface area (Å²) in [6.07, 6.45) is -4.49. The molecule has 0 atom stereocenters. The van der Waals surface area contributed by atoms with Crippen molar-refractivity contribution >= 4 is 0 Å². The van der Waals surface area contributed by atoms with Gasteiger partial charge in [-0.1, -0.05) is 20.8 Å². The van der Waals surface area contributed by atoms with E-state index in [4.69, 9.17) is 5.26 Å². The van der Waals surface area contributed by atoms with Crippen LogP contribution in [-0.4, -0.2) is 9.78 Å². The first kappa shape index (κ1) is 13.6. The highest BCUT2D eigenvalue weighted by molar-refractivity contribution is 5.34. The number of rotatable bonds is 1. The van der Waals surface area contributed by atoms with Crippen molar-refractivity contribution < 1.29 is 13.2 Å². The van der Waals surface area contributed by atoms with Gasteiger partial charge in [-0.3, -0.25) is 4.68 Å². The van der Waals surface area contributed by atoms with Gasteiger partial charge in [0, 0.05) is 11.3 Å². The monoisotopic (exact) mass is 245 g/mol. The topological polar surface area (TPSA) is 41.6 Å². The molecular weight excluding hydrogens is 231 g/mol. The number of halogens is 3. The maximum Gasteiger partial charge on any atom is 0.435 e. The van der Waals surface area contributed by atoms with E-state index in [1.54, 1.807) is 33.8 Å². The van der Waals surface area contributed by atoms with E-state index in [1.165, 1.54) is 0 Å². The second-order valence-corrected chi connectivity index (χ2v) is 4.87. The largest absolute Gasteiger partial charge is 0.435 e. The predicted octanol–water partition coefficient (Wildman–Crippen LogP) is 3.03. The lowest BCUT2D eigenvalue weighted by Gasteiger charge is -2.20. The Bertz CT molecular complexity index is 458. The number of nitriles is 1. The summed E-state index contributed by atoms with van der Waals surface area (Å²) in [5, 5.41) is 12.1. The number of aromatic nitrogens is 2. The van der Waals surface area contributed by atoms with Gasteiger partial charge >= 0.3 is 6.18 Å². The first-order valence-electron chi connectivity index (χ1n) is 5.11. The van der Waals surface area contributed by atoms with Gasteiger partial charge in [0.05, 0.1) is 6.07 Å². The maximum atomic E-state index is 12.9. The van der Waals surface area contributed by atoms with Gasteiger partial charge in [0.25, 0.3) is 0 Å². The number of alkyl halides is 3. The van der Waals surface area contributed by atoms with E-state index >= 15 is 0 Å². The van der Waals surface area contributed by atoms with E-state index < -0.39 is 17.3 Å². The van der Waals surface area contributed by atoms with Gasteiger partial charge in [0.15, 0.2) is 5.69 Å². The van der Waals surface area contributed by atoms with Crippen LogP contribution in [0, 0.1) is 18.3 Å². The molecule has 1 aromatic rings. The molecule has 1 rings (SSSR count). The molecule has 0 aliphatic carbocycles. The Morgan fingerprint density at radius 3 is 2.12 bits per heavy atom. The van der Waals surface area contributed by atoms with Crippen LogP contribution in [0.4, 0.5) is 13.2 Å². The lowest BCUT2D eigenvalue weighted by atomic mass is 9.85. The highest BCUT2D eigenvalue weighted by Gasteiger charge is 2.41. The van der Waals surface area contributed by atoms with Gasteiger partial charge in [-0.25, -0.2) is 0 Å². The molecular formula is C11H14F3N3. The number of hydrogen-bond acceptors (Lipinski definition) is 2. The van der Waals surface area contributed by atoms with Gasteiger partial charge in [0.1, 0.15) is 6.54 Å². The van der Waals surface area contributed by atoms with Crippen molar-refractivity contribution in [2.45, 2.75) is 45.8 Å². The van der Waals surface area contributed by atoms with Crippen LogP contribution in [0.3, 0.4) is 0 Å². The molecule has 0 unspecified atom stereocenters. The average molecular weight is 245 g/mol. The third-order valence-corrected chi connectivity index (χ3v) is 2.45. The molecule has 0 bridgehead atoms. The Morgan fingerprint density at radius 2 is 1.82 bits per heavy atom. The van der Waals surface area contributed by atoms with Crippen LogP contribution >= 0.6 is 0 Å². The van der Waals surface area contributed by atoms with E-state index in [2.05, 4.69) is 5.10 Å². The summed E-state index contributed by atoms with van der Waals surface area (Å²) in [6, 6.07) is 1.80. The predicted molar refractivity (Wildman–Crippen MR) is 56.3 cm³/mol. The summed E-state index contributed by atoms with van der Waals surface area (Å²) >= 11 is 0. The number of hydrogen-bond donors (Lipinski definition) is 0. The molecule has 0 aromatic carbocycles. The molecule has 0 fully saturated rings. The molecule has 0 radical (unpaired) electrons. The molecule has 0 aliphatic rings. The first-order chi connectivity index (χ1) is 7.59. The maximum absolute atomic E-state index is 12.9. The molecule has 1 heterocycles. The van der Waals surface area contributed by atoms with Crippen molar-refractivity contribution in [1.82, 2.24) is 9.78 Å². The van der Waals surface area contributed by atoms with Crippen molar-refractivity contribution in [2.24, 2.45) is 0 Å². The van der Waals surface area contributed by atoms with Crippen molar-refractivity contribution in [3.8, 4) is 6.07 Å². The summed E-state index contributed by atoms with van der Waals surface area (Å²) in [7, 11) is 0. The lowest BCUT2D eigenvalue weighted by molar-refractivity contribution is -0.142. The highest BCUT2D eigenvalue weighted by atomic mass is 19.4. The molecule has 1 aromatic heterocycles. The molecule has 0 aliphatic heterocycles. The van der Waals surface area contributed by atoms with Crippen LogP contribution in [0.1, 0.15) is 37.7 Å². The Morgan fingerprint density at radius 1 is 1.29 bits per heavy atom.